The molecule has 1 aliphatic heterocycles. The fourth-order valence-corrected chi connectivity index (χ4v) is 2.20. The number of likely N-dealkylation sites (tertiary alicyclic amines) is 1. The summed E-state index contributed by atoms with van der Waals surface area (Å²) >= 11 is 0. The van der Waals surface area contributed by atoms with Gasteiger partial charge in [0.05, 0.1) is 25.2 Å². The Morgan fingerprint density at radius 1 is 1.27 bits per heavy atom. The van der Waals surface area contributed by atoms with Crippen LogP contribution in [0, 0.1) is 0 Å². The molecule has 22 heavy (non-hydrogen) atoms. The van der Waals surface area contributed by atoms with Crippen molar-refractivity contribution in [1.29, 1.82) is 0 Å². The van der Waals surface area contributed by atoms with Crippen LogP contribution in [0.15, 0.2) is 30.7 Å². The van der Waals surface area contributed by atoms with Gasteiger partial charge in [-0.3, -0.25) is 9.88 Å². The monoisotopic (exact) mass is 300 g/mol. The number of hydrogen-bond acceptors (Lipinski definition) is 7. The molecule has 1 fully saturated rings. The van der Waals surface area contributed by atoms with Crippen molar-refractivity contribution in [3.63, 3.8) is 0 Å². The Balaban J connectivity index is 1.73. The van der Waals surface area contributed by atoms with E-state index in [1.807, 2.05) is 13.1 Å². The molecular formula is C15H16N4O3. The van der Waals surface area contributed by atoms with E-state index in [-0.39, 0.29) is 11.8 Å². The van der Waals surface area contributed by atoms with E-state index in [1.165, 1.54) is 13.3 Å². The van der Waals surface area contributed by atoms with Crippen molar-refractivity contribution in [3.05, 3.63) is 36.4 Å². The van der Waals surface area contributed by atoms with Gasteiger partial charge in [-0.25, -0.2) is 14.8 Å². The number of hydrogen-bond donors (Lipinski definition) is 0. The highest BCUT2D eigenvalue weighted by Gasteiger charge is 2.25. The molecule has 2 aromatic rings. The highest BCUT2D eigenvalue weighted by atomic mass is 16.5. The standard InChI is InChI=1S/C15H16N4O3/c1-19-8-11(9-19)22-14-4-3-10(5-17-14)12-6-16-7-13(18-12)15(20)21-2/h3-7,11H,8-9H2,1-2H3. The predicted octanol–water partition coefficient (Wildman–Crippen LogP) is 1.02. The Kier molecular flexibility index (Phi) is 3.97. The predicted molar refractivity (Wildman–Crippen MR) is 78.5 cm³/mol. The lowest BCUT2D eigenvalue weighted by Crippen LogP contribution is -2.51. The van der Waals surface area contributed by atoms with Crippen LogP contribution in [0.4, 0.5) is 0 Å². The normalized spacial score (nSPS) is 15.2. The summed E-state index contributed by atoms with van der Waals surface area (Å²) in [6.07, 6.45) is 4.80. The number of pyridine rings is 1. The Labute approximate surface area is 127 Å². The molecule has 114 valence electrons. The molecule has 1 aliphatic rings. The zero-order valence-electron chi connectivity index (χ0n) is 12.4. The van der Waals surface area contributed by atoms with Crippen LogP contribution in [0.25, 0.3) is 11.3 Å². The van der Waals surface area contributed by atoms with Gasteiger partial charge in [0.25, 0.3) is 0 Å². The van der Waals surface area contributed by atoms with Crippen molar-refractivity contribution >= 4 is 5.97 Å². The van der Waals surface area contributed by atoms with E-state index in [4.69, 9.17) is 4.74 Å². The number of methoxy groups -OCH3 is 1. The summed E-state index contributed by atoms with van der Waals surface area (Å²) in [5, 5.41) is 0. The number of aromatic nitrogens is 3. The summed E-state index contributed by atoms with van der Waals surface area (Å²) in [6, 6.07) is 3.63. The highest BCUT2D eigenvalue weighted by Crippen LogP contribution is 2.20. The van der Waals surface area contributed by atoms with E-state index < -0.39 is 5.97 Å². The van der Waals surface area contributed by atoms with E-state index in [0.717, 1.165) is 18.7 Å². The minimum absolute atomic E-state index is 0.165. The van der Waals surface area contributed by atoms with Gasteiger partial charge in [0.1, 0.15) is 6.10 Å². The number of likely N-dealkylation sites (N-methyl/N-ethyl adjacent to an activating group) is 1. The summed E-state index contributed by atoms with van der Waals surface area (Å²) in [6.45, 7) is 1.83. The maximum Gasteiger partial charge on any atom is 0.358 e. The maximum absolute atomic E-state index is 11.5. The topological polar surface area (TPSA) is 77.4 Å². The molecule has 0 spiro atoms. The summed E-state index contributed by atoms with van der Waals surface area (Å²) in [7, 11) is 3.35. The van der Waals surface area contributed by atoms with Gasteiger partial charge in [0.15, 0.2) is 5.69 Å². The summed E-state index contributed by atoms with van der Waals surface area (Å²) in [5.41, 5.74) is 1.49. The molecule has 0 bridgehead atoms. The van der Waals surface area contributed by atoms with Gasteiger partial charge in [-0.2, -0.15) is 0 Å². The molecule has 1 saturated heterocycles. The maximum atomic E-state index is 11.5. The largest absolute Gasteiger partial charge is 0.472 e. The van der Waals surface area contributed by atoms with Gasteiger partial charge < -0.3 is 9.47 Å². The van der Waals surface area contributed by atoms with Crippen LogP contribution in [0.1, 0.15) is 10.5 Å². The molecule has 7 heteroatoms. The third-order valence-electron chi connectivity index (χ3n) is 3.38. The van der Waals surface area contributed by atoms with Crippen LogP contribution >= 0.6 is 0 Å². The number of ether oxygens (including phenoxy) is 2. The van der Waals surface area contributed by atoms with Gasteiger partial charge in [-0.15, -0.1) is 0 Å². The summed E-state index contributed by atoms with van der Waals surface area (Å²) < 4.78 is 10.4. The number of rotatable bonds is 4. The lowest BCUT2D eigenvalue weighted by molar-refractivity contribution is 0.0356. The Bertz CT molecular complexity index is 669. The quantitative estimate of drug-likeness (QED) is 0.780. The van der Waals surface area contributed by atoms with Gasteiger partial charge in [-0.05, 0) is 13.1 Å². The Morgan fingerprint density at radius 3 is 2.73 bits per heavy atom. The zero-order chi connectivity index (χ0) is 15.5. The molecule has 0 amide bonds. The van der Waals surface area contributed by atoms with Crippen LogP contribution < -0.4 is 4.74 Å². The molecule has 0 aromatic carbocycles. The number of carbonyl (C=O) groups is 1. The fraction of sp³-hybridized carbons (Fsp3) is 0.333. The van der Waals surface area contributed by atoms with E-state index >= 15 is 0 Å². The lowest BCUT2D eigenvalue weighted by atomic mass is 10.2. The molecule has 0 saturated carbocycles. The minimum atomic E-state index is -0.517. The third kappa shape index (κ3) is 3.04. The first-order valence-electron chi connectivity index (χ1n) is 6.87. The van der Waals surface area contributed by atoms with Crippen LogP contribution in [-0.2, 0) is 4.74 Å². The number of esters is 1. The molecule has 7 nitrogen and oxygen atoms in total. The van der Waals surface area contributed by atoms with Gasteiger partial charge >= 0.3 is 5.97 Å². The number of carbonyl (C=O) groups excluding carboxylic acids is 1. The molecule has 0 radical (unpaired) electrons. The first-order valence-corrected chi connectivity index (χ1v) is 6.87. The van der Waals surface area contributed by atoms with Crippen LogP contribution in [-0.4, -0.2) is 59.2 Å². The Morgan fingerprint density at radius 2 is 2.09 bits per heavy atom. The summed E-state index contributed by atoms with van der Waals surface area (Å²) in [4.78, 5) is 26.1. The fourth-order valence-electron chi connectivity index (χ4n) is 2.20. The van der Waals surface area contributed by atoms with E-state index in [2.05, 4.69) is 24.6 Å². The SMILES string of the molecule is COC(=O)c1cncc(-c2ccc(OC3CN(C)C3)nc2)n1. The molecular weight excluding hydrogens is 284 g/mol. The van der Waals surface area contributed by atoms with Gasteiger partial charge in [0.2, 0.25) is 5.88 Å². The van der Waals surface area contributed by atoms with E-state index in [1.54, 1.807) is 18.5 Å². The minimum Gasteiger partial charge on any atom is -0.472 e. The average molecular weight is 300 g/mol. The molecule has 2 aromatic heterocycles. The van der Waals surface area contributed by atoms with Crippen molar-refractivity contribution in [2.24, 2.45) is 0 Å². The first-order chi connectivity index (χ1) is 10.7. The number of nitrogens with zero attached hydrogens (tertiary/aromatic N) is 4. The van der Waals surface area contributed by atoms with Crippen molar-refractivity contribution in [2.45, 2.75) is 6.10 Å². The van der Waals surface area contributed by atoms with Crippen LogP contribution in [0.2, 0.25) is 0 Å². The van der Waals surface area contributed by atoms with Gasteiger partial charge in [-0.1, -0.05) is 0 Å². The molecule has 0 atom stereocenters. The smallest absolute Gasteiger partial charge is 0.358 e. The third-order valence-corrected chi connectivity index (χ3v) is 3.38. The Hall–Kier alpha value is -2.54. The molecule has 0 N–H and O–H groups in total. The second-order valence-corrected chi connectivity index (χ2v) is 5.13. The van der Waals surface area contributed by atoms with Gasteiger partial charge in [0, 0.05) is 30.9 Å². The highest BCUT2D eigenvalue weighted by molar-refractivity contribution is 5.87. The zero-order valence-corrected chi connectivity index (χ0v) is 12.4. The average Bonchev–Trinajstić information content (AvgIpc) is 2.53. The first kappa shape index (κ1) is 14.4. The van der Waals surface area contributed by atoms with Crippen molar-refractivity contribution in [3.8, 4) is 17.1 Å². The molecule has 3 heterocycles. The molecule has 0 aliphatic carbocycles. The molecule has 3 rings (SSSR count). The van der Waals surface area contributed by atoms with Crippen molar-refractivity contribution < 1.29 is 14.3 Å². The van der Waals surface area contributed by atoms with Crippen LogP contribution in [0.5, 0.6) is 5.88 Å². The van der Waals surface area contributed by atoms with E-state index in [0.29, 0.717) is 11.6 Å². The van der Waals surface area contributed by atoms with E-state index in [9.17, 15) is 4.79 Å². The second-order valence-electron chi connectivity index (χ2n) is 5.13. The second kappa shape index (κ2) is 6.07. The van der Waals surface area contributed by atoms with Crippen molar-refractivity contribution in [1.82, 2.24) is 19.9 Å². The summed E-state index contributed by atoms with van der Waals surface area (Å²) in [5.74, 6) is 0.0651. The van der Waals surface area contributed by atoms with Crippen molar-refractivity contribution in [2.75, 3.05) is 27.2 Å². The van der Waals surface area contributed by atoms with Crippen LogP contribution in [0.3, 0.4) is 0 Å². The lowest BCUT2D eigenvalue weighted by Gasteiger charge is -2.35. The molecule has 0 unspecified atom stereocenters.